The van der Waals surface area contributed by atoms with E-state index >= 15 is 0 Å². The van der Waals surface area contributed by atoms with Gasteiger partial charge in [0.25, 0.3) is 0 Å². The van der Waals surface area contributed by atoms with Crippen LogP contribution in [0.4, 0.5) is 0 Å². The lowest BCUT2D eigenvalue weighted by atomic mass is 10.1. The van der Waals surface area contributed by atoms with E-state index in [9.17, 15) is 9.59 Å². The molecule has 19 heavy (non-hydrogen) atoms. The Balaban J connectivity index is 2.52. The summed E-state index contributed by atoms with van der Waals surface area (Å²) < 4.78 is 9.87. The minimum absolute atomic E-state index is 0.196. The van der Waals surface area contributed by atoms with Crippen molar-refractivity contribution in [1.82, 2.24) is 4.98 Å². The second-order valence-corrected chi connectivity index (χ2v) is 4.37. The van der Waals surface area contributed by atoms with Crippen LogP contribution in [0.3, 0.4) is 0 Å². The maximum Gasteiger partial charge on any atom is 0.340 e. The van der Waals surface area contributed by atoms with Crippen LogP contribution in [0, 0.1) is 0 Å². The first-order valence-corrected chi connectivity index (χ1v) is 5.94. The normalized spacial score (nSPS) is 10.7. The molecule has 1 aromatic heterocycles. The highest BCUT2D eigenvalue weighted by molar-refractivity contribution is 6.10. The Labute approximate surface area is 110 Å². The smallest absolute Gasteiger partial charge is 0.340 e. The third-order valence-corrected chi connectivity index (χ3v) is 2.69. The third-order valence-electron chi connectivity index (χ3n) is 2.69. The van der Waals surface area contributed by atoms with E-state index in [4.69, 9.17) is 9.47 Å². The second-order valence-electron chi connectivity index (χ2n) is 4.37. The molecular formula is C14H15NO4. The van der Waals surface area contributed by atoms with Crippen LogP contribution in [0.2, 0.25) is 0 Å². The molecule has 0 spiro atoms. The van der Waals surface area contributed by atoms with E-state index in [-0.39, 0.29) is 6.10 Å². The number of methoxy groups -OCH3 is 1. The maximum atomic E-state index is 12.0. The molecule has 0 bridgehead atoms. The van der Waals surface area contributed by atoms with Crippen LogP contribution in [-0.4, -0.2) is 30.1 Å². The van der Waals surface area contributed by atoms with Crippen molar-refractivity contribution in [2.24, 2.45) is 0 Å². The molecule has 0 amide bonds. The van der Waals surface area contributed by atoms with Gasteiger partial charge in [0.2, 0.25) is 0 Å². The number of hydrogen-bond donors (Lipinski definition) is 1. The van der Waals surface area contributed by atoms with E-state index in [2.05, 4.69) is 4.98 Å². The number of benzene rings is 1. The number of ether oxygens (including phenoxy) is 2. The van der Waals surface area contributed by atoms with E-state index in [1.54, 1.807) is 38.2 Å². The van der Waals surface area contributed by atoms with Crippen LogP contribution < -0.4 is 0 Å². The Morgan fingerprint density at radius 3 is 2.42 bits per heavy atom. The van der Waals surface area contributed by atoms with Crippen LogP contribution in [0.5, 0.6) is 0 Å². The fraction of sp³-hybridized carbons (Fsp3) is 0.286. The van der Waals surface area contributed by atoms with Gasteiger partial charge >= 0.3 is 11.9 Å². The molecule has 2 aromatic rings. The van der Waals surface area contributed by atoms with Gasteiger partial charge in [-0.1, -0.05) is 0 Å². The Kier molecular flexibility index (Phi) is 3.55. The summed E-state index contributed by atoms with van der Waals surface area (Å²) in [5, 5.41) is 0.644. The van der Waals surface area contributed by atoms with Crippen LogP contribution in [0.25, 0.3) is 10.9 Å². The molecule has 5 heteroatoms. The molecule has 0 aliphatic rings. The number of rotatable bonds is 3. The number of esters is 2. The van der Waals surface area contributed by atoms with Gasteiger partial charge in [-0.25, -0.2) is 9.59 Å². The summed E-state index contributed by atoms with van der Waals surface area (Å²) in [4.78, 5) is 26.5. The maximum absolute atomic E-state index is 12.0. The fourth-order valence-electron chi connectivity index (χ4n) is 1.89. The topological polar surface area (TPSA) is 68.4 Å². The van der Waals surface area contributed by atoms with Crippen molar-refractivity contribution < 1.29 is 19.1 Å². The highest BCUT2D eigenvalue weighted by atomic mass is 16.5. The van der Waals surface area contributed by atoms with Gasteiger partial charge in [0, 0.05) is 11.6 Å². The molecule has 0 atom stereocenters. The number of hydrogen-bond acceptors (Lipinski definition) is 4. The molecule has 1 aromatic carbocycles. The van der Waals surface area contributed by atoms with Crippen LogP contribution in [-0.2, 0) is 9.47 Å². The van der Waals surface area contributed by atoms with Crippen molar-refractivity contribution >= 4 is 22.8 Å². The van der Waals surface area contributed by atoms with Gasteiger partial charge < -0.3 is 14.5 Å². The number of carbonyl (C=O) groups is 2. The molecular weight excluding hydrogens is 246 g/mol. The second kappa shape index (κ2) is 5.14. The van der Waals surface area contributed by atoms with E-state index < -0.39 is 11.9 Å². The van der Waals surface area contributed by atoms with Crippen LogP contribution in [0.1, 0.15) is 34.6 Å². The van der Waals surface area contributed by atoms with Crippen molar-refractivity contribution in [2.75, 3.05) is 7.11 Å². The Hall–Kier alpha value is -2.30. The highest BCUT2D eigenvalue weighted by Crippen LogP contribution is 2.23. The number of carbonyl (C=O) groups excluding carboxylic acids is 2. The summed E-state index contributed by atoms with van der Waals surface area (Å²) in [6.45, 7) is 3.57. The van der Waals surface area contributed by atoms with Crippen molar-refractivity contribution in [3.63, 3.8) is 0 Å². The van der Waals surface area contributed by atoms with Gasteiger partial charge in [0.05, 0.1) is 29.9 Å². The summed E-state index contributed by atoms with van der Waals surface area (Å²) in [6, 6.07) is 4.86. The first kappa shape index (κ1) is 13.1. The first-order chi connectivity index (χ1) is 9.04. The van der Waals surface area contributed by atoms with E-state index in [1.165, 1.54) is 7.11 Å². The summed E-state index contributed by atoms with van der Waals surface area (Å²) in [5.74, 6) is -0.854. The fourth-order valence-corrected chi connectivity index (χ4v) is 1.89. The van der Waals surface area contributed by atoms with Crippen molar-refractivity contribution in [1.29, 1.82) is 0 Å². The predicted octanol–water partition coefficient (Wildman–Crippen LogP) is 2.52. The number of H-pyrrole nitrogens is 1. The molecule has 2 rings (SSSR count). The number of aromatic nitrogens is 1. The molecule has 1 N–H and O–H groups in total. The lowest BCUT2D eigenvalue weighted by Crippen LogP contribution is -2.12. The molecule has 0 fully saturated rings. The Morgan fingerprint density at radius 2 is 1.79 bits per heavy atom. The van der Waals surface area contributed by atoms with Crippen molar-refractivity contribution in [3.8, 4) is 0 Å². The van der Waals surface area contributed by atoms with Gasteiger partial charge in [0.15, 0.2) is 0 Å². The molecule has 1 heterocycles. The molecule has 0 aliphatic heterocycles. The van der Waals surface area contributed by atoms with E-state index in [0.29, 0.717) is 22.0 Å². The Bertz CT molecular complexity index is 627. The first-order valence-electron chi connectivity index (χ1n) is 5.94. The molecule has 0 aliphatic carbocycles. The quantitative estimate of drug-likeness (QED) is 0.862. The lowest BCUT2D eigenvalue weighted by molar-refractivity contribution is 0.0379. The summed E-state index contributed by atoms with van der Waals surface area (Å²) in [6.07, 6.45) is 1.47. The van der Waals surface area contributed by atoms with Gasteiger partial charge in [-0.2, -0.15) is 0 Å². The SMILES string of the molecule is COC(=O)c1ccc(C(=O)OC(C)C)c2[nH]ccc12. The third kappa shape index (κ3) is 2.45. The largest absolute Gasteiger partial charge is 0.465 e. The van der Waals surface area contributed by atoms with Gasteiger partial charge in [-0.3, -0.25) is 0 Å². The molecule has 0 saturated heterocycles. The predicted molar refractivity (Wildman–Crippen MR) is 70.2 cm³/mol. The lowest BCUT2D eigenvalue weighted by Gasteiger charge is -2.09. The standard InChI is InChI=1S/C14H15NO4/c1-8(2)19-14(17)11-5-4-10(13(16)18-3)9-6-7-15-12(9)11/h4-8,15H,1-3H3. The highest BCUT2D eigenvalue weighted by Gasteiger charge is 2.18. The van der Waals surface area contributed by atoms with Gasteiger partial charge in [0.1, 0.15) is 0 Å². The minimum atomic E-state index is -0.437. The number of aromatic amines is 1. The van der Waals surface area contributed by atoms with Gasteiger partial charge in [-0.15, -0.1) is 0 Å². The van der Waals surface area contributed by atoms with E-state index in [0.717, 1.165) is 0 Å². The Morgan fingerprint density at radius 1 is 1.11 bits per heavy atom. The molecule has 0 saturated carbocycles. The van der Waals surface area contributed by atoms with E-state index in [1.807, 2.05) is 0 Å². The average molecular weight is 261 g/mol. The van der Waals surface area contributed by atoms with Crippen LogP contribution in [0.15, 0.2) is 24.4 Å². The summed E-state index contributed by atoms with van der Waals surface area (Å²) in [5.41, 5.74) is 1.40. The van der Waals surface area contributed by atoms with Crippen molar-refractivity contribution in [2.45, 2.75) is 20.0 Å². The molecule has 0 radical (unpaired) electrons. The zero-order valence-corrected chi connectivity index (χ0v) is 11.0. The monoisotopic (exact) mass is 261 g/mol. The zero-order chi connectivity index (χ0) is 14.0. The molecule has 0 unspecified atom stereocenters. The number of nitrogens with one attached hydrogen (secondary N) is 1. The van der Waals surface area contributed by atoms with Crippen molar-refractivity contribution in [3.05, 3.63) is 35.5 Å². The zero-order valence-electron chi connectivity index (χ0n) is 11.0. The number of fused-ring (bicyclic) bond motifs is 1. The molecule has 100 valence electrons. The minimum Gasteiger partial charge on any atom is -0.465 e. The summed E-state index contributed by atoms with van der Waals surface area (Å²) >= 11 is 0. The van der Waals surface area contributed by atoms with Crippen LogP contribution >= 0.6 is 0 Å². The molecule has 5 nitrogen and oxygen atoms in total. The summed E-state index contributed by atoms with van der Waals surface area (Å²) in [7, 11) is 1.32. The average Bonchev–Trinajstić information content (AvgIpc) is 2.84. The van der Waals surface area contributed by atoms with Gasteiger partial charge in [-0.05, 0) is 32.0 Å².